The molecule has 0 bridgehead atoms. The van der Waals surface area contributed by atoms with Crippen LogP contribution in [0, 0.1) is 5.92 Å². The summed E-state index contributed by atoms with van der Waals surface area (Å²) in [4.78, 5) is 12.9. The lowest BCUT2D eigenvalue weighted by atomic mass is 9.63. The van der Waals surface area contributed by atoms with Gasteiger partial charge in [0.1, 0.15) is 5.75 Å². The molecular weight excluding hydrogens is 388 g/mol. The maximum absolute atomic E-state index is 12.8. The van der Waals surface area contributed by atoms with Crippen LogP contribution in [0.1, 0.15) is 38.7 Å². The number of hydrogen-bond donors (Lipinski definition) is 2. The first kappa shape index (κ1) is 21.2. The molecule has 29 heavy (non-hydrogen) atoms. The standard InChI is InChI=1S/C22H28N2O4S/c1-16(2)15-23-21(25)22(12-5-13-22)17-8-10-18(11-9-17)24-29(26,27)20-7-4-6-19(14-20)28-3/h4,6-11,14,16,24H,5,12-13,15H2,1-3H3,(H,23,25). The summed E-state index contributed by atoms with van der Waals surface area (Å²) in [6.07, 6.45) is 2.64. The maximum Gasteiger partial charge on any atom is 0.262 e. The number of sulfonamides is 1. The number of methoxy groups -OCH3 is 1. The third-order valence-electron chi connectivity index (χ3n) is 5.35. The average molecular weight is 417 g/mol. The van der Waals surface area contributed by atoms with Gasteiger partial charge in [0, 0.05) is 18.3 Å². The lowest BCUT2D eigenvalue weighted by molar-refractivity contribution is -0.130. The van der Waals surface area contributed by atoms with E-state index < -0.39 is 15.4 Å². The summed E-state index contributed by atoms with van der Waals surface area (Å²) in [6, 6.07) is 13.4. The number of amides is 1. The van der Waals surface area contributed by atoms with Crippen molar-refractivity contribution in [2.45, 2.75) is 43.4 Å². The molecule has 0 aliphatic heterocycles. The van der Waals surface area contributed by atoms with E-state index >= 15 is 0 Å². The molecule has 2 N–H and O–H groups in total. The summed E-state index contributed by atoms with van der Waals surface area (Å²) in [5.74, 6) is 0.925. The third-order valence-corrected chi connectivity index (χ3v) is 6.73. The molecule has 6 nitrogen and oxygen atoms in total. The molecule has 2 aromatic rings. The Bertz CT molecular complexity index is 965. The van der Waals surface area contributed by atoms with Crippen molar-refractivity contribution in [3.8, 4) is 5.75 Å². The quantitative estimate of drug-likeness (QED) is 0.687. The van der Waals surface area contributed by atoms with E-state index in [4.69, 9.17) is 4.74 Å². The van der Waals surface area contributed by atoms with Gasteiger partial charge in [-0.1, -0.05) is 38.5 Å². The first-order chi connectivity index (χ1) is 13.8. The molecule has 0 heterocycles. The van der Waals surface area contributed by atoms with Crippen LogP contribution >= 0.6 is 0 Å². The normalized spacial score (nSPS) is 15.4. The summed E-state index contributed by atoms with van der Waals surface area (Å²) in [5.41, 5.74) is 0.877. The smallest absolute Gasteiger partial charge is 0.262 e. The molecule has 1 amide bonds. The van der Waals surface area contributed by atoms with Crippen LogP contribution in [0.15, 0.2) is 53.4 Å². The summed E-state index contributed by atoms with van der Waals surface area (Å²) in [6.45, 7) is 4.78. The molecular formula is C22H28N2O4S. The van der Waals surface area contributed by atoms with Gasteiger partial charge in [0.25, 0.3) is 10.0 Å². The van der Waals surface area contributed by atoms with Gasteiger partial charge >= 0.3 is 0 Å². The van der Waals surface area contributed by atoms with E-state index in [1.54, 1.807) is 24.3 Å². The molecule has 7 heteroatoms. The zero-order valence-corrected chi connectivity index (χ0v) is 17.9. The molecule has 1 saturated carbocycles. The van der Waals surface area contributed by atoms with E-state index in [0.717, 1.165) is 24.8 Å². The Morgan fingerprint density at radius 3 is 2.38 bits per heavy atom. The number of ether oxygens (including phenoxy) is 1. The van der Waals surface area contributed by atoms with E-state index in [9.17, 15) is 13.2 Å². The largest absolute Gasteiger partial charge is 0.497 e. The van der Waals surface area contributed by atoms with Gasteiger partial charge in [0.05, 0.1) is 17.4 Å². The van der Waals surface area contributed by atoms with Crippen molar-refractivity contribution in [3.63, 3.8) is 0 Å². The highest BCUT2D eigenvalue weighted by Crippen LogP contribution is 2.44. The number of nitrogens with one attached hydrogen (secondary N) is 2. The van der Waals surface area contributed by atoms with Crippen LogP contribution in [0.2, 0.25) is 0 Å². The fraction of sp³-hybridized carbons (Fsp3) is 0.409. The van der Waals surface area contributed by atoms with Crippen LogP contribution in [0.5, 0.6) is 5.75 Å². The lowest BCUT2D eigenvalue weighted by Gasteiger charge is -2.41. The number of carbonyl (C=O) groups excluding carboxylic acids is 1. The van der Waals surface area contributed by atoms with E-state index in [0.29, 0.717) is 23.9 Å². The van der Waals surface area contributed by atoms with E-state index in [1.807, 2.05) is 12.1 Å². The molecule has 0 spiro atoms. The van der Waals surface area contributed by atoms with Crippen molar-refractivity contribution in [1.29, 1.82) is 0 Å². The van der Waals surface area contributed by atoms with Crippen LogP contribution in [-0.2, 0) is 20.2 Å². The van der Waals surface area contributed by atoms with Gasteiger partial charge in [-0.05, 0) is 48.6 Å². The topological polar surface area (TPSA) is 84.5 Å². The molecule has 156 valence electrons. The highest BCUT2D eigenvalue weighted by Gasteiger charge is 2.45. The lowest BCUT2D eigenvalue weighted by Crippen LogP contribution is -2.49. The molecule has 0 saturated heterocycles. The van der Waals surface area contributed by atoms with Crippen molar-refractivity contribution in [3.05, 3.63) is 54.1 Å². The fourth-order valence-electron chi connectivity index (χ4n) is 3.48. The Balaban J connectivity index is 1.76. The van der Waals surface area contributed by atoms with Crippen molar-refractivity contribution >= 4 is 21.6 Å². The highest BCUT2D eigenvalue weighted by atomic mass is 32.2. The summed E-state index contributed by atoms with van der Waals surface area (Å²) >= 11 is 0. The Hall–Kier alpha value is -2.54. The van der Waals surface area contributed by atoms with Crippen LogP contribution in [-0.4, -0.2) is 28.0 Å². The SMILES string of the molecule is COc1cccc(S(=O)(=O)Nc2ccc(C3(C(=O)NCC(C)C)CCC3)cc2)c1. The van der Waals surface area contributed by atoms with Crippen LogP contribution < -0.4 is 14.8 Å². The van der Waals surface area contributed by atoms with Crippen molar-refractivity contribution in [2.24, 2.45) is 5.92 Å². The Kier molecular flexibility index (Phi) is 6.17. The number of benzene rings is 2. The number of anilines is 1. The minimum absolute atomic E-state index is 0.0576. The molecule has 1 fully saturated rings. The molecule has 1 aliphatic rings. The Labute approximate surface area is 172 Å². The minimum atomic E-state index is -3.73. The first-order valence-corrected chi connectivity index (χ1v) is 11.3. The van der Waals surface area contributed by atoms with Gasteiger partial charge in [-0.2, -0.15) is 0 Å². The Morgan fingerprint density at radius 1 is 1.14 bits per heavy atom. The highest BCUT2D eigenvalue weighted by molar-refractivity contribution is 7.92. The van der Waals surface area contributed by atoms with Gasteiger partial charge < -0.3 is 10.1 Å². The molecule has 3 rings (SSSR count). The fourth-order valence-corrected chi connectivity index (χ4v) is 4.58. The molecule has 0 atom stereocenters. The van der Waals surface area contributed by atoms with E-state index in [1.165, 1.54) is 19.2 Å². The number of rotatable bonds is 8. The summed E-state index contributed by atoms with van der Waals surface area (Å²) in [7, 11) is -2.24. The van der Waals surface area contributed by atoms with Gasteiger partial charge in [0.15, 0.2) is 0 Å². The van der Waals surface area contributed by atoms with Gasteiger partial charge in [-0.25, -0.2) is 8.42 Å². The second-order valence-electron chi connectivity index (χ2n) is 7.90. The van der Waals surface area contributed by atoms with Gasteiger partial charge in [-0.3, -0.25) is 9.52 Å². The van der Waals surface area contributed by atoms with Gasteiger partial charge in [-0.15, -0.1) is 0 Å². The molecule has 0 radical (unpaired) electrons. The van der Waals surface area contributed by atoms with Gasteiger partial charge in [0.2, 0.25) is 5.91 Å². The van der Waals surface area contributed by atoms with Crippen molar-refractivity contribution < 1.29 is 17.9 Å². The van der Waals surface area contributed by atoms with Crippen LogP contribution in [0.25, 0.3) is 0 Å². The van der Waals surface area contributed by atoms with Crippen LogP contribution in [0.4, 0.5) is 5.69 Å². The van der Waals surface area contributed by atoms with Crippen molar-refractivity contribution in [1.82, 2.24) is 5.32 Å². The minimum Gasteiger partial charge on any atom is -0.497 e. The second kappa shape index (κ2) is 8.45. The monoisotopic (exact) mass is 416 g/mol. The zero-order valence-electron chi connectivity index (χ0n) is 17.1. The average Bonchev–Trinajstić information content (AvgIpc) is 2.66. The van der Waals surface area contributed by atoms with Crippen LogP contribution in [0.3, 0.4) is 0 Å². The maximum atomic E-state index is 12.8. The molecule has 0 unspecified atom stereocenters. The first-order valence-electron chi connectivity index (χ1n) is 9.82. The van der Waals surface area contributed by atoms with E-state index in [2.05, 4.69) is 23.9 Å². The van der Waals surface area contributed by atoms with Crippen molar-refractivity contribution in [2.75, 3.05) is 18.4 Å². The predicted octanol–water partition coefficient (Wildman–Crippen LogP) is 3.69. The molecule has 0 aromatic heterocycles. The zero-order chi connectivity index (χ0) is 21.1. The van der Waals surface area contributed by atoms with E-state index in [-0.39, 0.29) is 10.8 Å². The number of carbonyl (C=O) groups is 1. The predicted molar refractivity (Wildman–Crippen MR) is 114 cm³/mol. The summed E-state index contributed by atoms with van der Waals surface area (Å²) in [5, 5.41) is 3.05. The molecule has 1 aliphatic carbocycles. The molecule has 2 aromatic carbocycles. The Morgan fingerprint density at radius 2 is 1.83 bits per heavy atom. The number of hydrogen-bond acceptors (Lipinski definition) is 4. The second-order valence-corrected chi connectivity index (χ2v) is 9.58. The summed E-state index contributed by atoms with van der Waals surface area (Å²) < 4.78 is 33.0. The third kappa shape index (κ3) is 4.56.